The molecule has 3 rings (SSSR count). The Morgan fingerprint density at radius 1 is 1.21 bits per heavy atom. The number of carbonyl (C=O) groups excluding carboxylic acids is 2. The lowest BCUT2D eigenvalue weighted by molar-refractivity contribution is 0.243. The Bertz CT molecular complexity index is 851. The maximum Gasteiger partial charge on any atom is 0.321 e. The molecule has 1 aliphatic rings. The van der Waals surface area contributed by atoms with Crippen LogP contribution < -0.4 is 20.9 Å². The maximum absolute atomic E-state index is 12.4. The second-order valence-corrected chi connectivity index (χ2v) is 7.34. The number of urea groups is 2. The topological polar surface area (TPSA) is 76.7 Å². The molecule has 1 atom stereocenters. The van der Waals surface area contributed by atoms with Crippen molar-refractivity contribution in [3.8, 4) is 0 Å². The van der Waals surface area contributed by atoms with Crippen molar-refractivity contribution >= 4 is 23.4 Å². The molecule has 3 N–H and O–H groups in total. The molecule has 4 amide bonds. The fourth-order valence-corrected chi connectivity index (χ4v) is 3.41. The molecule has 2 aromatic carbocycles. The molecule has 1 unspecified atom stereocenters. The average molecular weight is 396 g/mol. The van der Waals surface area contributed by atoms with Crippen LogP contribution in [0.5, 0.6) is 0 Å². The first-order valence-corrected chi connectivity index (χ1v) is 9.93. The van der Waals surface area contributed by atoms with Crippen molar-refractivity contribution in [3.05, 3.63) is 59.7 Å². The minimum atomic E-state index is -0.273. The number of anilines is 2. The van der Waals surface area contributed by atoms with Crippen molar-refractivity contribution in [2.75, 3.05) is 43.9 Å². The van der Waals surface area contributed by atoms with Gasteiger partial charge in [-0.1, -0.05) is 37.3 Å². The van der Waals surface area contributed by atoms with Gasteiger partial charge >= 0.3 is 12.1 Å². The molecule has 7 heteroatoms. The third-order valence-corrected chi connectivity index (χ3v) is 5.12. The number of aryl methyl sites for hydroxylation is 1. The van der Waals surface area contributed by atoms with E-state index in [1.54, 1.807) is 11.0 Å². The summed E-state index contributed by atoms with van der Waals surface area (Å²) in [5, 5.41) is 8.59. The van der Waals surface area contributed by atoms with Gasteiger partial charge in [-0.25, -0.2) is 9.59 Å². The fourth-order valence-electron chi connectivity index (χ4n) is 3.41. The zero-order valence-corrected chi connectivity index (χ0v) is 17.2. The van der Waals surface area contributed by atoms with Gasteiger partial charge in [-0.3, -0.25) is 4.90 Å². The number of nitrogens with one attached hydrogen (secondary N) is 3. The smallest absolute Gasteiger partial charge is 0.321 e. The van der Waals surface area contributed by atoms with Crippen LogP contribution in [0.2, 0.25) is 0 Å². The van der Waals surface area contributed by atoms with Crippen LogP contribution in [-0.2, 0) is 6.42 Å². The third kappa shape index (κ3) is 5.26. The highest BCUT2D eigenvalue weighted by molar-refractivity contribution is 5.95. The largest absolute Gasteiger partial charge is 0.336 e. The summed E-state index contributed by atoms with van der Waals surface area (Å²) in [6.45, 7) is 3.87. The van der Waals surface area contributed by atoms with Crippen LogP contribution in [0.25, 0.3) is 0 Å². The Morgan fingerprint density at radius 3 is 2.59 bits per heavy atom. The maximum atomic E-state index is 12.4. The van der Waals surface area contributed by atoms with Crippen LogP contribution in [0.3, 0.4) is 0 Å². The molecule has 154 valence electrons. The normalized spacial score (nSPS) is 14.6. The van der Waals surface area contributed by atoms with Gasteiger partial charge in [-0.15, -0.1) is 0 Å². The van der Waals surface area contributed by atoms with Gasteiger partial charge in [0.15, 0.2) is 0 Å². The Hall–Kier alpha value is -3.06. The SMILES string of the molecule is CCc1ccc(C(CNC(=O)Nc2cccc(N3CCNC3=O)c2)N(C)C)cc1. The lowest BCUT2D eigenvalue weighted by Crippen LogP contribution is -2.37. The average Bonchev–Trinajstić information content (AvgIpc) is 3.14. The number of benzene rings is 2. The Balaban J connectivity index is 1.60. The van der Waals surface area contributed by atoms with Crippen LogP contribution in [0.15, 0.2) is 48.5 Å². The van der Waals surface area contributed by atoms with Crippen molar-refractivity contribution < 1.29 is 9.59 Å². The number of rotatable bonds is 7. The number of hydrogen-bond acceptors (Lipinski definition) is 3. The first-order chi connectivity index (χ1) is 14.0. The van der Waals surface area contributed by atoms with Gasteiger partial charge in [-0.05, 0) is 49.8 Å². The summed E-state index contributed by atoms with van der Waals surface area (Å²) < 4.78 is 0. The minimum Gasteiger partial charge on any atom is -0.336 e. The molecular weight excluding hydrogens is 366 g/mol. The summed E-state index contributed by atoms with van der Waals surface area (Å²) in [4.78, 5) is 28.0. The summed E-state index contributed by atoms with van der Waals surface area (Å²) in [5.74, 6) is 0. The van der Waals surface area contributed by atoms with Crippen LogP contribution in [0.4, 0.5) is 21.0 Å². The van der Waals surface area contributed by atoms with Gasteiger partial charge in [0.2, 0.25) is 0 Å². The highest BCUT2D eigenvalue weighted by atomic mass is 16.2. The molecule has 0 spiro atoms. The first-order valence-electron chi connectivity index (χ1n) is 9.93. The Kier molecular flexibility index (Phi) is 6.72. The predicted octanol–water partition coefficient (Wildman–Crippen LogP) is 3.20. The third-order valence-electron chi connectivity index (χ3n) is 5.12. The van der Waals surface area contributed by atoms with Crippen molar-refractivity contribution in [2.45, 2.75) is 19.4 Å². The van der Waals surface area contributed by atoms with Crippen LogP contribution in [0, 0.1) is 0 Å². The van der Waals surface area contributed by atoms with Gasteiger partial charge in [0.05, 0.1) is 6.04 Å². The number of amides is 4. The van der Waals surface area contributed by atoms with Crippen LogP contribution >= 0.6 is 0 Å². The lowest BCUT2D eigenvalue weighted by Gasteiger charge is -2.25. The van der Waals surface area contributed by atoms with Gasteiger partial charge in [-0.2, -0.15) is 0 Å². The molecule has 0 aromatic heterocycles. The summed E-state index contributed by atoms with van der Waals surface area (Å²) >= 11 is 0. The number of nitrogens with zero attached hydrogens (tertiary/aromatic N) is 2. The molecule has 7 nitrogen and oxygen atoms in total. The zero-order valence-electron chi connectivity index (χ0n) is 17.2. The predicted molar refractivity (Wildman–Crippen MR) is 116 cm³/mol. The van der Waals surface area contributed by atoms with Crippen molar-refractivity contribution in [1.29, 1.82) is 0 Å². The van der Waals surface area contributed by atoms with E-state index in [0.717, 1.165) is 17.7 Å². The molecular formula is C22H29N5O2. The van der Waals surface area contributed by atoms with Crippen molar-refractivity contribution in [2.24, 2.45) is 0 Å². The van der Waals surface area contributed by atoms with Gasteiger partial charge in [0.25, 0.3) is 0 Å². The summed E-state index contributed by atoms with van der Waals surface area (Å²) in [5.41, 5.74) is 3.87. The monoisotopic (exact) mass is 395 g/mol. The molecule has 0 saturated carbocycles. The van der Waals surface area contributed by atoms with E-state index in [4.69, 9.17) is 0 Å². The van der Waals surface area contributed by atoms with E-state index >= 15 is 0 Å². The molecule has 1 aliphatic heterocycles. The minimum absolute atomic E-state index is 0.0753. The highest BCUT2D eigenvalue weighted by Gasteiger charge is 2.21. The lowest BCUT2D eigenvalue weighted by atomic mass is 10.0. The second kappa shape index (κ2) is 9.43. The van der Waals surface area contributed by atoms with Crippen molar-refractivity contribution in [1.82, 2.24) is 15.5 Å². The molecule has 2 aromatic rings. The van der Waals surface area contributed by atoms with Crippen molar-refractivity contribution in [3.63, 3.8) is 0 Å². The number of hydrogen-bond donors (Lipinski definition) is 3. The Morgan fingerprint density at radius 2 is 1.97 bits per heavy atom. The van der Waals surface area contributed by atoms with E-state index in [1.165, 1.54) is 5.56 Å². The molecule has 0 bridgehead atoms. The first kappa shape index (κ1) is 20.7. The summed E-state index contributed by atoms with van der Waals surface area (Å²) in [6, 6.07) is 15.5. The van der Waals surface area contributed by atoms with E-state index in [9.17, 15) is 9.59 Å². The van der Waals surface area contributed by atoms with E-state index < -0.39 is 0 Å². The van der Waals surface area contributed by atoms with Crippen LogP contribution in [0.1, 0.15) is 24.1 Å². The molecule has 1 fully saturated rings. The van der Waals surface area contributed by atoms with Crippen LogP contribution in [-0.4, -0.2) is 50.7 Å². The number of likely N-dealkylation sites (N-methyl/N-ethyl adjacent to an activating group) is 1. The zero-order chi connectivity index (χ0) is 20.8. The molecule has 0 radical (unpaired) electrons. The molecule has 0 aliphatic carbocycles. The highest BCUT2D eigenvalue weighted by Crippen LogP contribution is 2.21. The number of carbonyl (C=O) groups is 2. The van der Waals surface area contributed by atoms with E-state index in [0.29, 0.717) is 25.3 Å². The fraction of sp³-hybridized carbons (Fsp3) is 0.364. The van der Waals surface area contributed by atoms with Gasteiger partial charge in [0, 0.05) is 31.0 Å². The Labute approximate surface area is 172 Å². The van der Waals surface area contributed by atoms with Gasteiger partial charge in [0.1, 0.15) is 0 Å². The van der Waals surface area contributed by atoms with E-state index in [2.05, 4.69) is 52.0 Å². The van der Waals surface area contributed by atoms with E-state index in [1.807, 2.05) is 32.3 Å². The summed E-state index contributed by atoms with van der Waals surface area (Å²) in [7, 11) is 4.01. The van der Waals surface area contributed by atoms with E-state index in [-0.39, 0.29) is 18.1 Å². The quantitative estimate of drug-likeness (QED) is 0.674. The second-order valence-electron chi connectivity index (χ2n) is 7.34. The van der Waals surface area contributed by atoms with Gasteiger partial charge < -0.3 is 20.9 Å². The molecule has 1 saturated heterocycles. The standard InChI is InChI=1S/C22H29N5O2/c1-4-16-8-10-17(11-9-16)20(26(2)3)15-24-21(28)25-18-6-5-7-19(14-18)27-13-12-23-22(27)29/h5-11,14,20H,4,12-13,15H2,1-3H3,(H,23,29)(H2,24,25,28). The molecule has 29 heavy (non-hydrogen) atoms. The summed E-state index contributed by atoms with van der Waals surface area (Å²) in [6.07, 6.45) is 1.01. The molecule has 1 heterocycles.